The van der Waals surface area contributed by atoms with Crippen molar-refractivity contribution in [2.24, 2.45) is 0 Å². The van der Waals surface area contributed by atoms with Gasteiger partial charge < -0.3 is 14.8 Å². The smallest absolute Gasteiger partial charge is 0.167 e. The molecule has 112 valence electrons. The molecule has 0 aromatic heterocycles. The molecule has 4 nitrogen and oxygen atoms in total. The molecule has 1 N–H and O–H groups in total. The Balaban J connectivity index is 2.85. The molecular weight excluding hydrogens is 322 g/mol. The van der Waals surface area contributed by atoms with E-state index in [1.54, 1.807) is 26.4 Å². The predicted molar refractivity (Wildman–Crippen MR) is 83.9 cm³/mol. The fourth-order valence-corrected chi connectivity index (χ4v) is 2.47. The molecule has 0 bridgehead atoms. The van der Waals surface area contributed by atoms with Crippen molar-refractivity contribution in [3.63, 3.8) is 0 Å². The lowest BCUT2D eigenvalue weighted by Gasteiger charge is -2.20. The Bertz CT molecular complexity index is 481. The van der Waals surface area contributed by atoms with Gasteiger partial charge in [-0.3, -0.25) is 4.79 Å². The summed E-state index contributed by atoms with van der Waals surface area (Å²) in [5.41, 5.74) is 0.570. The second kappa shape index (κ2) is 7.09. The number of benzene rings is 1. The molecule has 1 aromatic carbocycles. The van der Waals surface area contributed by atoms with Crippen LogP contribution in [0.3, 0.4) is 0 Å². The Morgan fingerprint density at radius 2 is 1.90 bits per heavy atom. The molecule has 0 unspecified atom stereocenters. The average Bonchev–Trinajstić information content (AvgIpc) is 2.36. The second-order valence-electron chi connectivity index (χ2n) is 5.51. The van der Waals surface area contributed by atoms with E-state index in [1.807, 2.05) is 0 Å². The minimum Gasteiger partial charge on any atom is -0.495 e. The molecule has 5 heteroatoms. The first-order valence-corrected chi connectivity index (χ1v) is 7.28. The van der Waals surface area contributed by atoms with Crippen molar-refractivity contribution in [2.75, 3.05) is 20.8 Å². The maximum Gasteiger partial charge on any atom is 0.167 e. The van der Waals surface area contributed by atoms with E-state index in [4.69, 9.17) is 9.47 Å². The molecule has 0 fully saturated rings. The van der Waals surface area contributed by atoms with Gasteiger partial charge in [-0.05, 0) is 48.8 Å². The summed E-state index contributed by atoms with van der Waals surface area (Å²) in [5, 5.41) is 3.30. The van der Waals surface area contributed by atoms with Crippen LogP contribution in [0.25, 0.3) is 0 Å². The van der Waals surface area contributed by atoms with Gasteiger partial charge in [0.1, 0.15) is 16.0 Å². The third kappa shape index (κ3) is 4.49. The third-order valence-corrected chi connectivity index (χ3v) is 3.54. The number of hydrogen-bond acceptors (Lipinski definition) is 4. The second-order valence-corrected chi connectivity index (χ2v) is 6.31. The Morgan fingerprint density at radius 3 is 2.40 bits per heavy atom. The van der Waals surface area contributed by atoms with E-state index in [0.29, 0.717) is 34.5 Å². The molecule has 1 aromatic rings. The number of halogens is 1. The molecule has 20 heavy (non-hydrogen) atoms. The fraction of sp³-hybridized carbons (Fsp3) is 0.533. The Morgan fingerprint density at radius 1 is 1.25 bits per heavy atom. The number of carbonyl (C=O) groups excluding carboxylic acids is 1. The van der Waals surface area contributed by atoms with E-state index in [9.17, 15) is 4.79 Å². The van der Waals surface area contributed by atoms with Gasteiger partial charge in [0.05, 0.1) is 19.8 Å². The molecule has 0 saturated carbocycles. The van der Waals surface area contributed by atoms with Gasteiger partial charge in [0, 0.05) is 18.5 Å². The summed E-state index contributed by atoms with van der Waals surface area (Å²) in [7, 11) is 3.12. The van der Waals surface area contributed by atoms with Crippen molar-refractivity contribution < 1.29 is 14.3 Å². The Labute approximate surface area is 129 Å². The first-order valence-electron chi connectivity index (χ1n) is 6.49. The summed E-state index contributed by atoms with van der Waals surface area (Å²) >= 11 is 3.40. The van der Waals surface area contributed by atoms with Crippen LogP contribution < -0.4 is 14.8 Å². The predicted octanol–water partition coefficient (Wildman–Crippen LogP) is 3.43. The molecule has 0 aliphatic heterocycles. The summed E-state index contributed by atoms with van der Waals surface area (Å²) < 4.78 is 11.2. The van der Waals surface area contributed by atoms with Crippen LogP contribution in [0.4, 0.5) is 0 Å². The lowest BCUT2D eigenvalue weighted by atomic mass is 10.1. The first kappa shape index (κ1) is 17.0. The van der Waals surface area contributed by atoms with E-state index in [0.717, 1.165) is 0 Å². The molecule has 0 amide bonds. The van der Waals surface area contributed by atoms with Crippen LogP contribution in [-0.2, 0) is 0 Å². The molecule has 0 radical (unpaired) electrons. The lowest BCUT2D eigenvalue weighted by Crippen LogP contribution is -2.37. The topological polar surface area (TPSA) is 47.6 Å². The average molecular weight is 344 g/mol. The van der Waals surface area contributed by atoms with Crippen LogP contribution in [0.5, 0.6) is 11.5 Å². The summed E-state index contributed by atoms with van der Waals surface area (Å²) in [6.45, 7) is 6.85. The number of carbonyl (C=O) groups is 1. The molecule has 0 aliphatic rings. The van der Waals surface area contributed by atoms with Crippen LogP contribution in [0, 0.1) is 0 Å². The van der Waals surface area contributed by atoms with Gasteiger partial charge in [0.25, 0.3) is 0 Å². The number of ether oxygens (including phenoxy) is 2. The molecule has 0 saturated heterocycles. The van der Waals surface area contributed by atoms with E-state index < -0.39 is 0 Å². The number of Topliss-reactive ketones (excluding diaryl/α,β-unsaturated/α-hetero) is 1. The van der Waals surface area contributed by atoms with Gasteiger partial charge >= 0.3 is 0 Å². The fourth-order valence-electron chi connectivity index (χ4n) is 1.80. The van der Waals surface area contributed by atoms with Crippen LogP contribution in [-0.4, -0.2) is 32.1 Å². The maximum atomic E-state index is 12.3. The van der Waals surface area contributed by atoms with Crippen LogP contribution >= 0.6 is 15.9 Å². The Kier molecular flexibility index (Phi) is 6.02. The van der Waals surface area contributed by atoms with E-state index in [-0.39, 0.29) is 11.3 Å². The minimum atomic E-state index is 0.00482. The van der Waals surface area contributed by atoms with Crippen molar-refractivity contribution in [3.8, 4) is 11.5 Å². The molecule has 0 heterocycles. The number of methoxy groups -OCH3 is 2. The number of ketones is 1. The zero-order chi connectivity index (χ0) is 15.3. The van der Waals surface area contributed by atoms with Crippen LogP contribution in [0.15, 0.2) is 16.6 Å². The van der Waals surface area contributed by atoms with Crippen molar-refractivity contribution in [1.82, 2.24) is 5.32 Å². The van der Waals surface area contributed by atoms with E-state index in [1.165, 1.54) is 0 Å². The summed E-state index contributed by atoms with van der Waals surface area (Å²) in [5.74, 6) is 1.21. The monoisotopic (exact) mass is 343 g/mol. The maximum absolute atomic E-state index is 12.3. The SMILES string of the molecule is COc1ccc(C(=O)CCNC(C)(C)C)c(OC)c1Br. The number of rotatable bonds is 6. The van der Waals surface area contributed by atoms with Gasteiger partial charge in [-0.25, -0.2) is 0 Å². The molecule has 0 spiro atoms. The zero-order valence-corrected chi connectivity index (χ0v) is 14.3. The highest BCUT2D eigenvalue weighted by Gasteiger charge is 2.18. The standard InChI is InChI=1S/C15H22BrNO3/c1-15(2,3)17-9-8-11(18)10-6-7-12(19-4)13(16)14(10)20-5/h6-7,17H,8-9H2,1-5H3. The van der Waals surface area contributed by atoms with Crippen LogP contribution in [0.2, 0.25) is 0 Å². The molecule has 0 aliphatic carbocycles. The van der Waals surface area contributed by atoms with Gasteiger partial charge in [-0.15, -0.1) is 0 Å². The van der Waals surface area contributed by atoms with Crippen molar-refractivity contribution in [2.45, 2.75) is 32.7 Å². The Hall–Kier alpha value is -1.07. The van der Waals surface area contributed by atoms with Crippen molar-refractivity contribution >= 4 is 21.7 Å². The molecular formula is C15H22BrNO3. The summed E-state index contributed by atoms with van der Waals surface area (Å²) in [6.07, 6.45) is 0.423. The highest BCUT2D eigenvalue weighted by Crippen LogP contribution is 2.37. The minimum absolute atomic E-state index is 0.00482. The summed E-state index contributed by atoms with van der Waals surface area (Å²) in [4.78, 5) is 12.3. The first-order chi connectivity index (χ1) is 9.30. The highest BCUT2D eigenvalue weighted by atomic mass is 79.9. The number of nitrogens with one attached hydrogen (secondary N) is 1. The van der Waals surface area contributed by atoms with Gasteiger partial charge in [-0.2, -0.15) is 0 Å². The normalized spacial score (nSPS) is 11.3. The van der Waals surface area contributed by atoms with E-state index in [2.05, 4.69) is 42.0 Å². The quantitative estimate of drug-likeness (QED) is 0.804. The zero-order valence-electron chi connectivity index (χ0n) is 12.7. The van der Waals surface area contributed by atoms with E-state index >= 15 is 0 Å². The van der Waals surface area contributed by atoms with Crippen molar-refractivity contribution in [1.29, 1.82) is 0 Å². The number of hydrogen-bond donors (Lipinski definition) is 1. The molecule has 0 atom stereocenters. The largest absolute Gasteiger partial charge is 0.495 e. The van der Waals surface area contributed by atoms with Crippen molar-refractivity contribution in [3.05, 3.63) is 22.2 Å². The van der Waals surface area contributed by atoms with Crippen LogP contribution in [0.1, 0.15) is 37.6 Å². The van der Waals surface area contributed by atoms with Gasteiger partial charge in [0.15, 0.2) is 5.78 Å². The lowest BCUT2D eigenvalue weighted by molar-refractivity contribution is 0.0977. The third-order valence-electron chi connectivity index (χ3n) is 2.79. The highest BCUT2D eigenvalue weighted by molar-refractivity contribution is 9.10. The van der Waals surface area contributed by atoms with Gasteiger partial charge in [0.2, 0.25) is 0 Å². The van der Waals surface area contributed by atoms with Gasteiger partial charge in [-0.1, -0.05) is 0 Å². The molecule has 1 rings (SSSR count). The summed E-state index contributed by atoms with van der Waals surface area (Å²) in [6, 6.07) is 3.50.